The quantitative estimate of drug-likeness (QED) is 0.877. The van der Waals surface area contributed by atoms with Crippen LogP contribution in [0.15, 0.2) is 18.2 Å². The molecule has 0 radical (unpaired) electrons. The second kappa shape index (κ2) is 5.62. The lowest BCUT2D eigenvalue weighted by molar-refractivity contribution is 0.0937. The van der Waals surface area contributed by atoms with Gasteiger partial charge in [-0.25, -0.2) is 0 Å². The molecule has 2 N–H and O–H groups in total. The third-order valence-electron chi connectivity index (χ3n) is 5.08. The normalized spacial score (nSPS) is 24.2. The highest BCUT2D eigenvalue weighted by Gasteiger charge is 2.30. The summed E-state index contributed by atoms with van der Waals surface area (Å²) in [7, 11) is 0. The van der Waals surface area contributed by atoms with Crippen LogP contribution in [0.2, 0.25) is 0 Å². The molecule has 1 aromatic rings. The summed E-state index contributed by atoms with van der Waals surface area (Å²) < 4.78 is 0. The van der Waals surface area contributed by atoms with Gasteiger partial charge in [-0.2, -0.15) is 0 Å². The third kappa shape index (κ3) is 3.24. The van der Waals surface area contributed by atoms with Crippen LogP contribution in [-0.4, -0.2) is 34.7 Å². The van der Waals surface area contributed by atoms with Gasteiger partial charge in [0.25, 0.3) is 0 Å². The lowest BCUT2D eigenvalue weighted by Gasteiger charge is -2.41. The maximum atomic E-state index is 9.58. The van der Waals surface area contributed by atoms with Crippen molar-refractivity contribution in [2.24, 2.45) is 0 Å². The standard InChI is InChI=1S/C18H28N2O/c1-18(2,3)20-10-8-14(9-11-20)19-17-7-4-13-12-15(21)5-6-16(13)17/h5-6,12,14,17,19,21H,4,7-11H2,1-3H3. The number of nitrogens with zero attached hydrogens (tertiary/aromatic N) is 1. The number of phenols is 1. The number of likely N-dealkylation sites (tertiary alicyclic amines) is 1. The molecule has 116 valence electrons. The van der Waals surface area contributed by atoms with Crippen LogP contribution < -0.4 is 5.32 Å². The van der Waals surface area contributed by atoms with E-state index in [1.54, 1.807) is 0 Å². The fraction of sp³-hybridized carbons (Fsp3) is 0.667. The van der Waals surface area contributed by atoms with E-state index in [2.05, 4.69) is 37.1 Å². The molecular formula is C18H28N2O. The van der Waals surface area contributed by atoms with Gasteiger partial charge in [0.2, 0.25) is 0 Å². The summed E-state index contributed by atoms with van der Waals surface area (Å²) in [6.07, 6.45) is 4.73. The van der Waals surface area contributed by atoms with E-state index in [1.165, 1.54) is 37.1 Å². The number of aryl methyl sites for hydroxylation is 1. The van der Waals surface area contributed by atoms with E-state index in [4.69, 9.17) is 0 Å². The third-order valence-corrected chi connectivity index (χ3v) is 5.08. The van der Waals surface area contributed by atoms with E-state index in [-0.39, 0.29) is 0 Å². The molecule has 1 heterocycles. The van der Waals surface area contributed by atoms with Crippen LogP contribution in [0.3, 0.4) is 0 Å². The molecule has 3 rings (SSSR count). The monoisotopic (exact) mass is 288 g/mol. The van der Waals surface area contributed by atoms with Crippen molar-refractivity contribution < 1.29 is 5.11 Å². The predicted octanol–water partition coefficient (Wildman–Crippen LogP) is 3.23. The number of nitrogens with one attached hydrogen (secondary N) is 1. The van der Waals surface area contributed by atoms with Gasteiger partial charge in [0.15, 0.2) is 0 Å². The largest absolute Gasteiger partial charge is 0.508 e. The number of fused-ring (bicyclic) bond motifs is 1. The second-order valence-electron chi connectivity index (χ2n) is 7.57. The summed E-state index contributed by atoms with van der Waals surface area (Å²) >= 11 is 0. The average molecular weight is 288 g/mol. The molecule has 0 bridgehead atoms. The highest BCUT2D eigenvalue weighted by atomic mass is 16.3. The minimum Gasteiger partial charge on any atom is -0.508 e. The molecule has 1 saturated heterocycles. The number of aromatic hydroxyl groups is 1. The van der Waals surface area contributed by atoms with Crippen LogP contribution in [0, 0.1) is 0 Å². The molecule has 1 atom stereocenters. The summed E-state index contributed by atoms with van der Waals surface area (Å²) in [6.45, 7) is 9.30. The molecule has 1 aliphatic carbocycles. The molecule has 2 aliphatic rings. The van der Waals surface area contributed by atoms with Gasteiger partial charge < -0.3 is 10.4 Å². The van der Waals surface area contributed by atoms with Gasteiger partial charge >= 0.3 is 0 Å². The van der Waals surface area contributed by atoms with Crippen LogP contribution in [0.5, 0.6) is 5.75 Å². The molecule has 3 heteroatoms. The zero-order valence-electron chi connectivity index (χ0n) is 13.5. The van der Waals surface area contributed by atoms with Crippen molar-refractivity contribution in [3.63, 3.8) is 0 Å². The number of hydrogen-bond donors (Lipinski definition) is 2. The van der Waals surface area contributed by atoms with Gasteiger partial charge in [-0.15, -0.1) is 0 Å². The first-order chi connectivity index (χ1) is 9.93. The molecule has 1 fully saturated rings. The first-order valence-corrected chi connectivity index (χ1v) is 8.26. The van der Waals surface area contributed by atoms with E-state index in [0.717, 1.165) is 12.8 Å². The minimum absolute atomic E-state index is 0.294. The second-order valence-corrected chi connectivity index (χ2v) is 7.57. The van der Waals surface area contributed by atoms with Crippen molar-refractivity contribution in [2.45, 2.75) is 64.1 Å². The molecule has 0 aromatic heterocycles. The highest BCUT2D eigenvalue weighted by Crippen LogP contribution is 2.34. The van der Waals surface area contributed by atoms with Crippen LogP contribution in [-0.2, 0) is 6.42 Å². The Kier molecular flexibility index (Phi) is 3.98. The van der Waals surface area contributed by atoms with Gasteiger partial charge in [0, 0.05) is 30.7 Å². The van der Waals surface area contributed by atoms with Crippen molar-refractivity contribution in [2.75, 3.05) is 13.1 Å². The van der Waals surface area contributed by atoms with E-state index in [9.17, 15) is 5.11 Å². The van der Waals surface area contributed by atoms with Gasteiger partial charge in [0.1, 0.15) is 5.75 Å². The van der Waals surface area contributed by atoms with Gasteiger partial charge in [-0.1, -0.05) is 6.07 Å². The van der Waals surface area contributed by atoms with Crippen LogP contribution in [0.1, 0.15) is 57.2 Å². The topological polar surface area (TPSA) is 35.5 Å². The summed E-state index contributed by atoms with van der Waals surface area (Å²) in [5.74, 6) is 0.396. The number of benzene rings is 1. The number of hydrogen-bond acceptors (Lipinski definition) is 3. The Morgan fingerprint density at radius 2 is 1.86 bits per heavy atom. The zero-order valence-corrected chi connectivity index (χ0v) is 13.5. The average Bonchev–Trinajstić information content (AvgIpc) is 2.80. The lowest BCUT2D eigenvalue weighted by atomic mass is 9.97. The Balaban J connectivity index is 1.58. The van der Waals surface area contributed by atoms with E-state index in [0.29, 0.717) is 23.4 Å². The van der Waals surface area contributed by atoms with Crippen LogP contribution >= 0.6 is 0 Å². The summed E-state index contributed by atoms with van der Waals surface area (Å²) in [6, 6.07) is 6.96. The fourth-order valence-electron chi connectivity index (χ4n) is 3.78. The molecule has 3 nitrogen and oxygen atoms in total. The summed E-state index contributed by atoms with van der Waals surface area (Å²) in [5, 5.41) is 13.4. The van der Waals surface area contributed by atoms with Gasteiger partial charge in [-0.05, 0) is 69.7 Å². The molecule has 1 aromatic carbocycles. The Morgan fingerprint density at radius 3 is 2.52 bits per heavy atom. The van der Waals surface area contributed by atoms with Crippen molar-refractivity contribution in [1.29, 1.82) is 0 Å². The van der Waals surface area contributed by atoms with Crippen molar-refractivity contribution in [3.8, 4) is 5.75 Å². The fourth-order valence-corrected chi connectivity index (χ4v) is 3.78. The number of rotatable bonds is 2. The Hall–Kier alpha value is -1.06. The first kappa shape index (κ1) is 14.9. The summed E-state index contributed by atoms with van der Waals surface area (Å²) in [4.78, 5) is 2.59. The van der Waals surface area contributed by atoms with E-state index < -0.39 is 0 Å². The SMILES string of the molecule is CC(C)(C)N1CCC(NC2CCc3cc(O)ccc32)CC1. The molecule has 1 aliphatic heterocycles. The van der Waals surface area contributed by atoms with Crippen LogP contribution in [0.4, 0.5) is 0 Å². The first-order valence-electron chi connectivity index (χ1n) is 8.26. The molecule has 21 heavy (non-hydrogen) atoms. The Labute approximate surface area is 128 Å². The van der Waals surface area contributed by atoms with E-state index in [1.807, 2.05) is 12.1 Å². The number of piperidine rings is 1. The molecule has 0 amide bonds. The molecular weight excluding hydrogens is 260 g/mol. The van der Waals surface area contributed by atoms with Gasteiger partial charge in [-0.3, -0.25) is 4.90 Å². The van der Waals surface area contributed by atoms with E-state index >= 15 is 0 Å². The molecule has 1 unspecified atom stereocenters. The van der Waals surface area contributed by atoms with Crippen molar-refractivity contribution >= 4 is 0 Å². The van der Waals surface area contributed by atoms with Crippen molar-refractivity contribution in [3.05, 3.63) is 29.3 Å². The van der Waals surface area contributed by atoms with Crippen LogP contribution in [0.25, 0.3) is 0 Å². The molecule has 0 spiro atoms. The maximum Gasteiger partial charge on any atom is 0.115 e. The van der Waals surface area contributed by atoms with Crippen molar-refractivity contribution in [1.82, 2.24) is 10.2 Å². The van der Waals surface area contributed by atoms with Gasteiger partial charge in [0.05, 0.1) is 0 Å². The Bertz CT molecular complexity index is 498. The maximum absolute atomic E-state index is 9.58. The minimum atomic E-state index is 0.294. The summed E-state index contributed by atoms with van der Waals surface area (Å²) in [5.41, 5.74) is 3.01. The predicted molar refractivity (Wildman–Crippen MR) is 86.7 cm³/mol. The lowest BCUT2D eigenvalue weighted by Crippen LogP contribution is -2.50. The molecule has 0 saturated carbocycles. The number of phenolic OH excluding ortho intramolecular Hbond substituents is 1. The highest BCUT2D eigenvalue weighted by molar-refractivity contribution is 5.40. The zero-order chi connectivity index (χ0) is 15.0. The smallest absolute Gasteiger partial charge is 0.115 e. The Morgan fingerprint density at radius 1 is 1.14 bits per heavy atom.